The lowest BCUT2D eigenvalue weighted by atomic mass is 9.70. The number of hydrogen-bond acceptors (Lipinski definition) is 6. The fourth-order valence-corrected chi connectivity index (χ4v) is 7.95. The number of rotatable bonds is 15. The summed E-state index contributed by atoms with van der Waals surface area (Å²) in [6, 6.07) is 4.48. The van der Waals surface area contributed by atoms with Gasteiger partial charge in [-0.05, 0) is 63.5 Å². The highest BCUT2D eigenvalue weighted by molar-refractivity contribution is 9.09. The Morgan fingerprint density at radius 3 is 2.71 bits per heavy atom. The topological polar surface area (TPSA) is 96.4 Å². The Balaban J connectivity index is 1.70. The highest BCUT2D eigenvalue weighted by Gasteiger charge is 2.77. The number of halogens is 2. The summed E-state index contributed by atoms with van der Waals surface area (Å²) in [4.78, 5) is 45.2. The van der Waals surface area contributed by atoms with Crippen LogP contribution in [0.5, 0.6) is 0 Å². The molecule has 3 unspecified atom stereocenters. The third kappa shape index (κ3) is 6.01. The van der Waals surface area contributed by atoms with Crippen molar-refractivity contribution in [1.29, 1.82) is 0 Å². The zero-order valence-corrected chi connectivity index (χ0v) is 25.9. The Morgan fingerprint density at radius 1 is 1.24 bits per heavy atom. The molecule has 3 fully saturated rings. The first-order valence-electron chi connectivity index (χ1n) is 14.4. The highest BCUT2D eigenvalue weighted by Crippen LogP contribution is 2.60. The Hall–Kier alpha value is -2.20. The highest BCUT2D eigenvalue weighted by atomic mass is 79.9. The second-order valence-electron chi connectivity index (χ2n) is 11.1. The predicted octanol–water partition coefficient (Wildman–Crippen LogP) is 4.98. The smallest absolute Gasteiger partial charge is 0.312 e. The van der Waals surface area contributed by atoms with E-state index in [2.05, 4.69) is 29.1 Å². The number of unbranched alkanes of at least 4 members (excludes halogenated alkanes) is 4. The van der Waals surface area contributed by atoms with Crippen LogP contribution >= 0.6 is 27.5 Å². The minimum absolute atomic E-state index is 0.0541. The van der Waals surface area contributed by atoms with E-state index in [-0.39, 0.29) is 36.4 Å². The van der Waals surface area contributed by atoms with Crippen molar-refractivity contribution in [3.8, 4) is 0 Å². The number of alkyl halides is 1. The van der Waals surface area contributed by atoms with E-state index in [0.717, 1.165) is 18.4 Å². The molecule has 6 atom stereocenters. The summed E-state index contributed by atoms with van der Waals surface area (Å²) in [7, 11) is 0. The molecule has 41 heavy (non-hydrogen) atoms. The standard InChI is InChI=1S/C31H40BrClN2O6/c1-4-6-7-11-18-40-30(39)23-24-28(37)35(16-9-8-10-17-36)27(31(24)19-21(32)26(23)41-31)29(38)34(15-5-2)25-20(3)13-12-14-22(25)33/h4-5,12-14,21,23-24,26-27,36H,1-2,6-11,15-19H2,3H3/t21?,23-,24-,26-,27?,31?/m0/s1. The Labute approximate surface area is 255 Å². The first-order valence-corrected chi connectivity index (χ1v) is 15.7. The molecule has 3 heterocycles. The Kier molecular flexibility index (Phi) is 10.7. The van der Waals surface area contributed by atoms with Crippen LogP contribution in [-0.2, 0) is 23.9 Å². The number of hydrogen-bond donors (Lipinski definition) is 1. The maximum absolute atomic E-state index is 14.6. The second-order valence-corrected chi connectivity index (χ2v) is 12.7. The van der Waals surface area contributed by atoms with Crippen molar-refractivity contribution < 1.29 is 29.0 Å². The molecule has 1 N–H and O–H groups in total. The normalized spacial score (nSPS) is 28.0. The number of aliphatic hydroxyl groups is 1. The number of amides is 2. The number of esters is 1. The molecule has 0 aromatic heterocycles. The third-order valence-electron chi connectivity index (χ3n) is 8.44. The van der Waals surface area contributed by atoms with Crippen molar-refractivity contribution in [1.82, 2.24) is 4.90 Å². The van der Waals surface area contributed by atoms with Gasteiger partial charge >= 0.3 is 5.97 Å². The van der Waals surface area contributed by atoms with Gasteiger partial charge in [-0.3, -0.25) is 14.4 Å². The molecule has 3 saturated heterocycles. The minimum atomic E-state index is -1.19. The lowest BCUT2D eigenvalue weighted by Crippen LogP contribution is -2.57. The molecular weight excluding hydrogens is 612 g/mol. The largest absolute Gasteiger partial charge is 0.465 e. The number of carbonyl (C=O) groups excluding carboxylic acids is 3. The van der Waals surface area contributed by atoms with Gasteiger partial charge in [0.1, 0.15) is 11.6 Å². The second kappa shape index (κ2) is 13.8. The van der Waals surface area contributed by atoms with Gasteiger partial charge in [0.05, 0.1) is 35.3 Å². The van der Waals surface area contributed by atoms with Crippen molar-refractivity contribution in [2.24, 2.45) is 11.8 Å². The minimum Gasteiger partial charge on any atom is -0.465 e. The summed E-state index contributed by atoms with van der Waals surface area (Å²) in [6.07, 6.45) is 7.57. The number of likely N-dealkylation sites (tertiary alicyclic amines) is 1. The summed E-state index contributed by atoms with van der Waals surface area (Å²) in [5, 5.41) is 9.69. The van der Waals surface area contributed by atoms with Crippen molar-refractivity contribution in [3.05, 3.63) is 54.1 Å². The van der Waals surface area contributed by atoms with Crippen molar-refractivity contribution >= 4 is 51.0 Å². The Morgan fingerprint density at radius 2 is 2.02 bits per heavy atom. The van der Waals surface area contributed by atoms with E-state index in [0.29, 0.717) is 49.4 Å². The SMILES string of the molecule is C=CCCCCOC(=O)[C@H]1[C@H]2C(=O)N(CCCCCO)C(C(=O)N(CC=C)c3c(C)cccc3Cl)C23CC(Br)[C@@H]1O3. The molecule has 0 aliphatic carbocycles. The summed E-state index contributed by atoms with van der Waals surface area (Å²) in [5.41, 5.74) is 0.184. The zero-order chi connectivity index (χ0) is 29.7. The van der Waals surface area contributed by atoms with E-state index in [4.69, 9.17) is 21.1 Å². The van der Waals surface area contributed by atoms with E-state index < -0.39 is 35.6 Å². The molecular formula is C31H40BrClN2O6. The fourth-order valence-electron chi connectivity index (χ4n) is 6.68. The van der Waals surface area contributed by atoms with Crippen LogP contribution in [0.3, 0.4) is 0 Å². The van der Waals surface area contributed by atoms with Crippen LogP contribution in [0.1, 0.15) is 50.5 Å². The van der Waals surface area contributed by atoms with E-state index in [9.17, 15) is 19.5 Å². The van der Waals surface area contributed by atoms with Crippen LogP contribution in [-0.4, -0.2) is 76.7 Å². The Bertz CT molecular complexity index is 1140. The summed E-state index contributed by atoms with van der Waals surface area (Å²) < 4.78 is 12.3. The van der Waals surface area contributed by atoms with Crippen LogP contribution in [0, 0.1) is 18.8 Å². The fraction of sp³-hybridized carbons (Fsp3) is 0.581. The van der Waals surface area contributed by atoms with Crippen LogP contribution in [0.2, 0.25) is 5.02 Å². The van der Waals surface area contributed by atoms with E-state index in [1.165, 1.54) is 0 Å². The van der Waals surface area contributed by atoms with Gasteiger partial charge in [-0.15, -0.1) is 13.2 Å². The number of benzene rings is 1. The number of para-hydroxylation sites is 1. The first-order chi connectivity index (χ1) is 19.7. The van der Waals surface area contributed by atoms with Crippen LogP contribution in [0.4, 0.5) is 5.69 Å². The number of aliphatic hydroxyl groups excluding tert-OH is 1. The van der Waals surface area contributed by atoms with Gasteiger partial charge in [-0.1, -0.05) is 51.8 Å². The van der Waals surface area contributed by atoms with Gasteiger partial charge in [0.2, 0.25) is 5.91 Å². The van der Waals surface area contributed by atoms with Crippen molar-refractivity contribution in [2.45, 2.75) is 74.4 Å². The molecule has 1 spiro atoms. The average molecular weight is 652 g/mol. The quantitative estimate of drug-likeness (QED) is 0.124. The molecule has 3 aliphatic heterocycles. The number of allylic oxidation sites excluding steroid dienone is 1. The number of aryl methyl sites for hydroxylation is 1. The van der Waals surface area contributed by atoms with Crippen molar-refractivity contribution in [3.63, 3.8) is 0 Å². The summed E-state index contributed by atoms with van der Waals surface area (Å²) >= 11 is 10.3. The first kappa shape index (κ1) is 31.7. The monoisotopic (exact) mass is 650 g/mol. The van der Waals surface area contributed by atoms with Crippen molar-refractivity contribution in [2.75, 3.05) is 31.2 Å². The number of fused-ring (bicyclic) bond motifs is 1. The maximum atomic E-state index is 14.6. The molecule has 8 nitrogen and oxygen atoms in total. The van der Waals surface area contributed by atoms with Crippen LogP contribution < -0.4 is 4.90 Å². The summed E-state index contributed by atoms with van der Waals surface area (Å²) in [6.45, 7) is 10.3. The number of ether oxygens (including phenoxy) is 2. The molecule has 2 bridgehead atoms. The van der Waals surface area contributed by atoms with Crippen LogP contribution in [0.15, 0.2) is 43.5 Å². The molecule has 0 saturated carbocycles. The number of nitrogens with zero attached hydrogens (tertiary/aromatic N) is 2. The molecule has 1 aromatic rings. The lowest BCUT2D eigenvalue weighted by Gasteiger charge is -2.37. The molecule has 3 aliphatic rings. The zero-order valence-electron chi connectivity index (χ0n) is 23.6. The van der Waals surface area contributed by atoms with E-state index >= 15 is 0 Å². The number of anilines is 1. The van der Waals surface area contributed by atoms with E-state index in [1.54, 1.807) is 21.9 Å². The molecule has 4 rings (SSSR count). The molecule has 2 amide bonds. The van der Waals surface area contributed by atoms with E-state index in [1.807, 2.05) is 25.1 Å². The molecule has 0 radical (unpaired) electrons. The van der Waals surface area contributed by atoms with Gasteiger partial charge < -0.3 is 24.4 Å². The predicted molar refractivity (Wildman–Crippen MR) is 162 cm³/mol. The van der Waals surface area contributed by atoms with Crippen LogP contribution in [0.25, 0.3) is 0 Å². The van der Waals surface area contributed by atoms with Gasteiger partial charge in [0.25, 0.3) is 5.91 Å². The molecule has 10 heteroatoms. The van der Waals surface area contributed by atoms with Gasteiger partial charge in [-0.2, -0.15) is 0 Å². The maximum Gasteiger partial charge on any atom is 0.312 e. The number of carbonyl (C=O) groups is 3. The average Bonchev–Trinajstić information content (AvgIpc) is 3.53. The lowest BCUT2D eigenvalue weighted by molar-refractivity contribution is -0.155. The van der Waals surface area contributed by atoms with Gasteiger partial charge in [-0.25, -0.2) is 0 Å². The third-order valence-corrected chi connectivity index (χ3v) is 9.59. The van der Waals surface area contributed by atoms with Gasteiger partial charge in [0, 0.05) is 24.5 Å². The summed E-state index contributed by atoms with van der Waals surface area (Å²) in [5.74, 6) is -2.69. The van der Waals surface area contributed by atoms with Gasteiger partial charge in [0.15, 0.2) is 0 Å². The molecule has 1 aromatic carbocycles. The molecule has 224 valence electrons.